The Hall–Kier alpha value is -1.85. The smallest absolute Gasteiger partial charge is 0.228 e. The number of hydrogen-bond donors (Lipinski definition) is 3. The SMILES string of the molecule is Oc1cccc(Nc2nc(Cl)c3c(n2)CCNCC3)c1. The van der Waals surface area contributed by atoms with Crippen LogP contribution >= 0.6 is 11.6 Å². The molecule has 0 atom stereocenters. The fraction of sp³-hybridized carbons (Fsp3) is 0.286. The van der Waals surface area contributed by atoms with Crippen LogP contribution in [0, 0.1) is 0 Å². The zero-order valence-electron chi connectivity index (χ0n) is 10.9. The summed E-state index contributed by atoms with van der Waals surface area (Å²) in [5.41, 5.74) is 2.74. The average Bonchev–Trinajstić information content (AvgIpc) is 2.64. The first-order chi connectivity index (χ1) is 9.72. The van der Waals surface area contributed by atoms with Gasteiger partial charge in [-0.25, -0.2) is 9.97 Å². The van der Waals surface area contributed by atoms with Crippen molar-refractivity contribution in [1.82, 2.24) is 15.3 Å². The highest BCUT2D eigenvalue weighted by Gasteiger charge is 2.15. The van der Waals surface area contributed by atoms with Gasteiger partial charge in [-0.2, -0.15) is 0 Å². The molecule has 0 unspecified atom stereocenters. The summed E-state index contributed by atoms with van der Waals surface area (Å²) in [5, 5.41) is 16.3. The Morgan fingerprint density at radius 2 is 2.05 bits per heavy atom. The maximum Gasteiger partial charge on any atom is 0.228 e. The van der Waals surface area contributed by atoms with Crippen molar-refractivity contribution in [2.75, 3.05) is 18.4 Å². The van der Waals surface area contributed by atoms with E-state index in [1.165, 1.54) is 0 Å². The first-order valence-corrected chi connectivity index (χ1v) is 6.92. The predicted octanol–water partition coefficient (Wildman–Crippen LogP) is 2.27. The number of hydrogen-bond acceptors (Lipinski definition) is 5. The fourth-order valence-corrected chi connectivity index (χ4v) is 2.55. The summed E-state index contributed by atoms with van der Waals surface area (Å²) >= 11 is 6.25. The van der Waals surface area contributed by atoms with Crippen molar-refractivity contribution in [2.24, 2.45) is 0 Å². The van der Waals surface area contributed by atoms with Gasteiger partial charge in [0.25, 0.3) is 0 Å². The molecule has 3 N–H and O–H groups in total. The summed E-state index contributed by atoms with van der Waals surface area (Å²) in [7, 11) is 0. The third-order valence-electron chi connectivity index (χ3n) is 3.23. The van der Waals surface area contributed by atoms with Crippen molar-refractivity contribution in [3.63, 3.8) is 0 Å². The third kappa shape index (κ3) is 2.84. The van der Waals surface area contributed by atoms with Gasteiger partial charge in [-0.3, -0.25) is 0 Å². The van der Waals surface area contributed by atoms with Gasteiger partial charge in [0, 0.05) is 30.3 Å². The second-order valence-electron chi connectivity index (χ2n) is 4.69. The van der Waals surface area contributed by atoms with Gasteiger partial charge < -0.3 is 15.7 Å². The van der Waals surface area contributed by atoms with Gasteiger partial charge in [0.15, 0.2) is 0 Å². The molecule has 6 heteroatoms. The largest absolute Gasteiger partial charge is 0.508 e. The van der Waals surface area contributed by atoms with E-state index >= 15 is 0 Å². The monoisotopic (exact) mass is 290 g/mol. The maximum absolute atomic E-state index is 9.46. The van der Waals surface area contributed by atoms with E-state index in [0.717, 1.165) is 42.9 Å². The van der Waals surface area contributed by atoms with Crippen LogP contribution in [-0.2, 0) is 12.8 Å². The number of halogens is 1. The molecule has 1 aromatic carbocycles. The van der Waals surface area contributed by atoms with Crippen LogP contribution < -0.4 is 10.6 Å². The van der Waals surface area contributed by atoms with Crippen LogP contribution in [0.5, 0.6) is 5.75 Å². The molecule has 1 aliphatic heterocycles. The van der Waals surface area contributed by atoms with Crippen LogP contribution in [0.4, 0.5) is 11.6 Å². The fourth-order valence-electron chi connectivity index (χ4n) is 2.27. The molecule has 0 saturated heterocycles. The van der Waals surface area contributed by atoms with E-state index in [-0.39, 0.29) is 5.75 Å². The Morgan fingerprint density at radius 3 is 2.90 bits per heavy atom. The van der Waals surface area contributed by atoms with Crippen molar-refractivity contribution in [2.45, 2.75) is 12.8 Å². The molecule has 0 radical (unpaired) electrons. The second-order valence-corrected chi connectivity index (χ2v) is 5.05. The van der Waals surface area contributed by atoms with E-state index in [1.807, 2.05) is 6.07 Å². The van der Waals surface area contributed by atoms with Crippen molar-refractivity contribution >= 4 is 23.2 Å². The van der Waals surface area contributed by atoms with Crippen LogP contribution in [0.15, 0.2) is 24.3 Å². The lowest BCUT2D eigenvalue weighted by Crippen LogP contribution is -2.16. The summed E-state index contributed by atoms with van der Waals surface area (Å²) < 4.78 is 0. The number of anilines is 2. The quantitative estimate of drug-likeness (QED) is 0.740. The van der Waals surface area contributed by atoms with Crippen molar-refractivity contribution in [3.05, 3.63) is 40.7 Å². The van der Waals surface area contributed by atoms with E-state index < -0.39 is 0 Å². The molecule has 1 aromatic heterocycles. The van der Waals surface area contributed by atoms with Crippen LogP contribution in [0.25, 0.3) is 0 Å². The minimum Gasteiger partial charge on any atom is -0.508 e. The molecule has 0 saturated carbocycles. The number of fused-ring (bicyclic) bond motifs is 1. The van der Waals surface area contributed by atoms with Gasteiger partial charge in [-0.1, -0.05) is 17.7 Å². The Morgan fingerprint density at radius 1 is 1.20 bits per heavy atom. The molecule has 104 valence electrons. The molecule has 1 aliphatic rings. The number of nitrogens with zero attached hydrogens (tertiary/aromatic N) is 2. The molecule has 2 aromatic rings. The molecule has 0 aliphatic carbocycles. The van der Waals surface area contributed by atoms with Crippen LogP contribution in [0.1, 0.15) is 11.3 Å². The number of phenolic OH excluding ortho intramolecular Hbond substituents is 1. The summed E-state index contributed by atoms with van der Waals surface area (Å²) in [6.45, 7) is 1.79. The highest BCUT2D eigenvalue weighted by atomic mass is 35.5. The molecule has 0 amide bonds. The highest BCUT2D eigenvalue weighted by molar-refractivity contribution is 6.30. The summed E-state index contributed by atoms with van der Waals surface area (Å²) in [5.74, 6) is 0.654. The number of nitrogens with one attached hydrogen (secondary N) is 2. The zero-order chi connectivity index (χ0) is 13.9. The summed E-state index contributed by atoms with van der Waals surface area (Å²) in [6.07, 6.45) is 1.69. The molecule has 2 heterocycles. The molecule has 3 rings (SSSR count). The van der Waals surface area contributed by atoms with Gasteiger partial charge in [-0.15, -0.1) is 0 Å². The van der Waals surface area contributed by atoms with Crippen molar-refractivity contribution in [1.29, 1.82) is 0 Å². The van der Waals surface area contributed by atoms with E-state index in [9.17, 15) is 5.11 Å². The van der Waals surface area contributed by atoms with Gasteiger partial charge in [-0.05, 0) is 25.1 Å². The number of benzene rings is 1. The third-order valence-corrected chi connectivity index (χ3v) is 3.55. The van der Waals surface area contributed by atoms with E-state index in [0.29, 0.717) is 11.1 Å². The summed E-state index contributed by atoms with van der Waals surface area (Å²) in [6, 6.07) is 6.82. The van der Waals surface area contributed by atoms with E-state index in [1.54, 1.807) is 18.2 Å². The molecular formula is C14H15ClN4O. The average molecular weight is 291 g/mol. The maximum atomic E-state index is 9.46. The zero-order valence-corrected chi connectivity index (χ0v) is 11.6. The molecule has 20 heavy (non-hydrogen) atoms. The second kappa shape index (κ2) is 5.64. The highest BCUT2D eigenvalue weighted by Crippen LogP contribution is 2.24. The Labute approximate surface area is 122 Å². The Balaban J connectivity index is 1.91. The number of phenols is 1. The first-order valence-electron chi connectivity index (χ1n) is 6.54. The van der Waals surface area contributed by atoms with Crippen molar-refractivity contribution in [3.8, 4) is 5.75 Å². The minimum absolute atomic E-state index is 0.194. The molecule has 0 spiro atoms. The van der Waals surface area contributed by atoms with Crippen LogP contribution in [0.3, 0.4) is 0 Å². The standard InChI is InChI=1S/C14H15ClN4O/c15-13-11-4-6-16-7-5-12(11)18-14(19-13)17-9-2-1-3-10(20)8-9/h1-3,8,16,20H,4-7H2,(H,17,18,19). The lowest BCUT2D eigenvalue weighted by Gasteiger charge is -2.10. The topological polar surface area (TPSA) is 70.1 Å². The van der Waals surface area contributed by atoms with E-state index in [2.05, 4.69) is 20.6 Å². The van der Waals surface area contributed by atoms with Crippen molar-refractivity contribution < 1.29 is 5.11 Å². The van der Waals surface area contributed by atoms with Gasteiger partial charge in [0.2, 0.25) is 5.95 Å². The lowest BCUT2D eigenvalue weighted by molar-refractivity contribution is 0.475. The molecular weight excluding hydrogens is 276 g/mol. The Bertz CT molecular complexity index is 633. The number of aromatic hydroxyl groups is 1. The number of rotatable bonds is 2. The normalized spacial score (nSPS) is 14.4. The van der Waals surface area contributed by atoms with Gasteiger partial charge in [0.05, 0.1) is 5.69 Å². The minimum atomic E-state index is 0.194. The molecule has 0 bridgehead atoms. The van der Waals surface area contributed by atoms with Gasteiger partial charge >= 0.3 is 0 Å². The Kier molecular flexibility index (Phi) is 3.71. The van der Waals surface area contributed by atoms with Crippen LogP contribution in [-0.4, -0.2) is 28.2 Å². The lowest BCUT2D eigenvalue weighted by atomic mass is 10.1. The first kappa shape index (κ1) is 13.1. The molecule has 0 fully saturated rings. The van der Waals surface area contributed by atoms with E-state index in [4.69, 9.17) is 11.6 Å². The van der Waals surface area contributed by atoms with Gasteiger partial charge in [0.1, 0.15) is 10.9 Å². The van der Waals surface area contributed by atoms with Crippen LogP contribution in [0.2, 0.25) is 5.15 Å². The summed E-state index contributed by atoms with van der Waals surface area (Å²) in [4.78, 5) is 8.82. The predicted molar refractivity (Wildman–Crippen MR) is 78.7 cm³/mol. The molecule has 5 nitrogen and oxygen atoms in total. The number of aromatic nitrogens is 2.